The SMILES string of the molecule is COCCCC(=O)c1c(C(C)=O)c2cc(Br)ncc2n1S(=O)(=O)c1ccc(C)cc1. The lowest BCUT2D eigenvalue weighted by Gasteiger charge is -2.12. The molecule has 2 heterocycles. The van der Waals surface area contributed by atoms with Crippen molar-refractivity contribution in [3.63, 3.8) is 0 Å². The highest BCUT2D eigenvalue weighted by Crippen LogP contribution is 2.33. The van der Waals surface area contributed by atoms with E-state index < -0.39 is 21.6 Å². The monoisotopic (exact) mass is 492 g/mol. The molecule has 0 fully saturated rings. The summed E-state index contributed by atoms with van der Waals surface area (Å²) in [6.45, 7) is 3.51. The number of nitrogens with zero attached hydrogens (tertiary/aromatic N) is 2. The van der Waals surface area contributed by atoms with Crippen LogP contribution >= 0.6 is 15.9 Å². The first-order valence-electron chi connectivity index (χ1n) is 9.23. The zero-order chi connectivity index (χ0) is 22.1. The predicted molar refractivity (Wildman–Crippen MR) is 117 cm³/mol. The molecule has 0 N–H and O–H groups in total. The van der Waals surface area contributed by atoms with Crippen LogP contribution in [-0.2, 0) is 14.8 Å². The summed E-state index contributed by atoms with van der Waals surface area (Å²) < 4.78 is 33.5. The third kappa shape index (κ3) is 4.10. The Morgan fingerprint density at radius 3 is 2.47 bits per heavy atom. The summed E-state index contributed by atoms with van der Waals surface area (Å²) in [4.78, 5) is 29.8. The predicted octanol–water partition coefficient (Wildman–Crippen LogP) is 4.16. The maximum Gasteiger partial charge on any atom is 0.268 e. The number of hydrogen-bond donors (Lipinski definition) is 0. The van der Waals surface area contributed by atoms with Crippen LogP contribution in [0.3, 0.4) is 0 Å². The van der Waals surface area contributed by atoms with E-state index in [9.17, 15) is 18.0 Å². The Morgan fingerprint density at radius 2 is 1.87 bits per heavy atom. The Hall–Kier alpha value is -2.36. The van der Waals surface area contributed by atoms with Crippen molar-refractivity contribution in [2.75, 3.05) is 13.7 Å². The molecule has 3 rings (SSSR count). The van der Waals surface area contributed by atoms with Gasteiger partial charge in [0.15, 0.2) is 11.6 Å². The zero-order valence-electron chi connectivity index (χ0n) is 16.8. The number of Topliss-reactive ketones (excluding diaryl/α,β-unsaturated/α-hetero) is 2. The van der Waals surface area contributed by atoms with Crippen molar-refractivity contribution in [3.8, 4) is 0 Å². The highest BCUT2D eigenvalue weighted by atomic mass is 79.9. The number of rotatable bonds is 8. The van der Waals surface area contributed by atoms with E-state index in [0.717, 1.165) is 9.54 Å². The summed E-state index contributed by atoms with van der Waals surface area (Å²) in [5, 5.41) is 0.357. The van der Waals surface area contributed by atoms with Gasteiger partial charge in [0.25, 0.3) is 10.0 Å². The van der Waals surface area contributed by atoms with E-state index in [1.165, 1.54) is 32.4 Å². The van der Waals surface area contributed by atoms with Crippen molar-refractivity contribution in [1.82, 2.24) is 8.96 Å². The van der Waals surface area contributed by atoms with Crippen LogP contribution in [0.4, 0.5) is 0 Å². The number of pyridine rings is 1. The summed E-state index contributed by atoms with van der Waals surface area (Å²) in [5.41, 5.74) is 1.01. The van der Waals surface area contributed by atoms with Gasteiger partial charge in [-0.1, -0.05) is 17.7 Å². The lowest BCUT2D eigenvalue weighted by molar-refractivity contribution is 0.0943. The second kappa shape index (κ2) is 8.79. The van der Waals surface area contributed by atoms with Gasteiger partial charge in [0.1, 0.15) is 10.3 Å². The van der Waals surface area contributed by atoms with E-state index in [2.05, 4.69) is 20.9 Å². The number of hydrogen-bond acceptors (Lipinski definition) is 6. The van der Waals surface area contributed by atoms with Crippen LogP contribution in [0.15, 0.2) is 46.0 Å². The molecule has 0 amide bonds. The first kappa shape index (κ1) is 22.3. The lowest BCUT2D eigenvalue weighted by Crippen LogP contribution is -2.20. The largest absolute Gasteiger partial charge is 0.385 e. The lowest BCUT2D eigenvalue weighted by atomic mass is 10.0. The molecule has 3 aromatic rings. The maximum atomic E-state index is 13.6. The van der Waals surface area contributed by atoms with Crippen molar-refractivity contribution in [2.45, 2.75) is 31.6 Å². The summed E-state index contributed by atoms with van der Waals surface area (Å²) in [6, 6.07) is 7.88. The van der Waals surface area contributed by atoms with Gasteiger partial charge in [-0.3, -0.25) is 9.59 Å². The van der Waals surface area contributed by atoms with Crippen LogP contribution in [-0.4, -0.2) is 42.7 Å². The molecule has 30 heavy (non-hydrogen) atoms. The van der Waals surface area contributed by atoms with Gasteiger partial charge < -0.3 is 4.74 Å². The minimum absolute atomic E-state index is 0.0222. The van der Waals surface area contributed by atoms with Crippen LogP contribution < -0.4 is 0 Å². The van der Waals surface area contributed by atoms with E-state index in [0.29, 0.717) is 23.0 Å². The van der Waals surface area contributed by atoms with E-state index >= 15 is 0 Å². The molecule has 1 aromatic carbocycles. The number of aryl methyl sites for hydroxylation is 1. The Morgan fingerprint density at radius 1 is 1.20 bits per heavy atom. The first-order valence-corrected chi connectivity index (χ1v) is 11.5. The Labute approximate surface area is 183 Å². The quantitative estimate of drug-likeness (QED) is 0.266. The number of carbonyl (C=O) groups is 2. The molecule has 9 heteroatoms. The number of benzene rings is 1. The summed E-state index contributed by atoms with van der Waals surface area (Å²) in [6.07, 6.45) is 1.80. The van der Waals surface area contributed by atoms with Gasteiger partial charge in [-0.2, -0.15) is 0 Å². The molecule has 0 spiro atoms. The van der Waals surface area contributed by atoms with Crippen molar-refractivity contribution < 1.29 is 22.7 Å². The molecular formula is C21H21BrN2O5S. The summed E-state index contributed by atoms with van der Waals surface area (Å²) in [7, 11) is -2.64. The fraction of sp³-hybridized carbons (Fsp3) is 0.286. The highest BCUT2D eigenvalue weighted by molar-refractivity contribution is 9.10. The molecule has 0 saturated heterocycles. The average Bonchev–Trinajstić information content (AvgIpc) is 3.03. The molecule has 0 aliphatic rings. The average molecular weight is 493 g/mol. The number of ether oxygens (including phenoxy) is 1. The zero-order valence-corrected chi connectivity index (χ0v) is 19.2. The first-order chi connectivity index (χ1) is 14.2. The molecule has 158 valence electrons. The van der Waals surface area contributed by atoms with Crippen LogP contribution in [0, 0.1) is 6.92 Å². The van der Waals surface area contributed by atoms with Gasteiger partial charge in [0, 0.05) is 25.5 Å². The van der Waals surface area contributed by atoms with Gasteiger partial charge >= 0.3 is 0 Å². The van der Waals surface area contributed by atoms with Crippen LogP contribution in [0.5, 0.6) is 0 Å². The number of carbonyl (C=O) groups excluding carboxylic acids is 2. The molecule has 0 saturated carbocycles. The third-order valence-electron chi connectivity index (χ3n) is 4.71. The smallest absolute Gasteiger partial charge is 0.268 e. The number of aromatic nitrogens is 2. The molecule has 0 atom stereocenters. The molecule has 0 aliphatic carbocycles. The maximum absolute atomic E-state index is 13.6. The molecule has 7 nitrogen and oxygen atoms in total. The van der Waals surface area contributed by atoms with Crippen molar-refractivity contribution in [2.24, 2.45) is 0 Å². The molecule has 0 aliphatic heterocycles. The summed E-state index contributed by atoms with van der Waals surface area (Å²) in [5.74, 6) is -0.841. The van der Waals surface area contributed by atoms with Crippen molar-refractivity contribution in [3.05, 3.63) is 58.0 Å². The van der Waals surface area contributed by atoms with E-state index in [-0.39, 0.29) is 28.1 Å². The second-order valence-electron chi connectivity index (χ2n) is 6.91. The van der Waals surface area contributed by atoms with Crippen molar-refractivity contribution >= 4 is 48.4 Å². The molecule has 0 unspecified atom stereocenters. The van der Waals surface area contributed by atoms with Gasteiger partial charge in [-0.15, -0.1) is 0 Å². The van der Waals surface area contributed by atoms with Gasteiger partial charge in [-0.05, 0) is 54.4 Å². The Kier molecular flexibility index (Phi) is 6.54. The fourth-order valence-electron chi connectivity index (χ4n) is 3.30. The van der Waals surface area contributed by atoms with E-state index in [4.69, 9.17) is 4.74 Å². The van der Waals surface area contributed by atoms with Crippen LogP contribution in [0.2, 0.25) is 0 Å². The standard InChI is InChI=1S/C21H21BrN2O5S/c1-13-6-8-15(9-7-13)30(27,28)24-17-12-23-19(22)11-16(17)20(14(2)25)21(24)18(26)5-4-10-29-3/h6-9,11-12H,4-5,10H2,1-3H3. The number of ketones is 2. The highest BCUT2D eigenvalue weighted by Gasteiger charge is 2.32. The molecular weight excluding hydrogens is 472 g/mol. The Balaban J connectivity index is 2.36. The minimum atomic E-state index is -4.16. The van der Waals surface area contributed by atoms with Gasteiger partial charge in [-0.25, -0.2) is 17.4 Å². The Bertz CT molecular complexity index is 1230. The number of halogens is 1. The fourth-order valence-corrected chi connectivity index (χ4v) is 5.16. The number of fused-ring (bicyclic) bond motifs is 1. The van der Waals surface area contributed by atoms with E-state index in [1.807, 2.05) is 6.92 Å². The summed E-state index contributed by atoms with van der Waals surface area (Å²) >= 11 is 3.26. The number of methoxy groups -OCH3 is 1. The molecule has 0 radical (unpaired) electrons. The van der Waals surface area contributed by atoms with Gasteiger partial charge in [0.05, 0.1) is 22.2 Å². The third-order valence-corrected chi connectivity index (χ3v) is 6.87. The minimum Gasteiger partial charge on any atom is -0.385 e. The molecule has 2 aromatic heterocycles. The van der Waals surface area contributed by atoms with Crippen molar-refractivity contribution in [1.29, 1.82) is 0 Å². The topological polar surface area (TPSA) is 95.3 Å². The van der Waals surface area contributed by atoms with Crippen LogP contribution in [0.1, 0.15) is 46.2 Å². The normalized spacial score (nSPS) is 11.7. The van der Waals surface area contributed by atoms with Gasteiger partial charge in [0.2, 0.25) is 0 Å². The second-order valence-corrected chi connectivity index (χ2v) is 9.51. The molecule has 0 bridgehead atoms. The van der Waals surface area contributed by atoms with E-state index in [1.54, 1.807) is 18.2 Å². The van der Waals surface area contributed by atoms with Crippen LogP contribution in [0.25, 0.3) is 10.9 Å².